The Morgan fingerprint density at radius 1 is 1.50 bits per heavy atom. The summed E-state index contributed by atoms with van der Waals surface area (Å²) in [5, 5.41) is 0. The van der Waals surface area contributed by atoms with E-state index in [2.05, 4.69) is 21.5 Å². The Morgan fingerprint density at radius 3 is 3.06 bits per heavy atom. The van der Waals surface area contributed by atoms with E-state index >= 15 is 0 Å². The highest BCUT2D eigenvalue weighted by molar-refractivity contribution is 5.70. The maximum Gasteiger partial charge on any atom is 0.132 e. The third kappa shape index (κ3) is 2.51. The molecule has 0 aliphatic carbocycles. The van der Waals surface area contributed by atoms with Crippen molar-refractivity contribution in [2.45, 2.75) is 19.9 Å². The van der Waals surface area contributed by atoms with Gasteiger partial charge in [0, 0.05) is 18.4 Å². The lowest BCUT2D eigenvalue weighted by atomic mass is 10.2. The second-order valence-electron chi connectivity index (χ2n) is 4.13. The molecule has 0 saturated heterocycles. The molecule has 2 heterocycles. The molecule has 2 aromatic rings. The van der Waals surface area contributed by atoms with Gasteiger partial charge in [-0.05, 0) is 26.0 Å². The normalized spacial score (nSPS) is 12.6. The number of ether oxygens (including phenoxy) is 1. The van der Waals surface area contributed by atoms with Crippen LogP contribution in [0.4, 0.5) is 5.82 Å². The zero-order valence-electron chi connectivity index (χ0n) is 10.7. The van der Waals surface area contributed by atoms with Gasteiger partial charge in [-0.2, -0.15) is 0 Å². The Labute approximate surface area is 107 Å². The number of hydrogen-bond donors (Lipinski definition) is 1. The third-order valence-electron chi connectivity index (χ3n) is 2.82. The average molecular weight is 246 g/mol. The number of nitrogens with two attached hydrogens (primary N) is 1. The highest BCUT2D eigenvalue weighted by atomic mass is 16.5. The van der Waals surface area contributed by atoms with E-state index in [9.17, 15) is 0 Å². The van der Waals surface area contributed by atoms with Gasteiger partial charge in [-0.25, -0.2) is 9.97 Å². The summed E-state index contributed by atoms with van der Waals surface area (Å²) in [6.07, 6.45) is 5.28. The lowest BCUT2D eigenvalue weighted by Gasteiger charge is -2.16. The summed E-state index contributed by atoms with van der Waals surface area (Å²) in [7, 11) is 0. The topological polar surface area (TPSA) is 66.0 Å². The van der Waals surface area contributed by atoms with Crippen molar-refractivity contribution >= 4 is 5.82 Å². The summed E-state index contributed by atoms with van der Waals surface area (Å²) < 4.78 is 7.50. The predicted octanol–water partition coefficient (Wildman–Crippen LogP) is 2.12. The van der Waals surface area contributed by atoms with Gasteiger partial charge in [0.05, 0.1) is 30.9 Å². The van der Waals surface area contributed by atoms with E-state index in [0.29, 0.717) is 19.0 Å². The van der Waals surface area contributed by atoms with E-state index < -0.39 is 0 Å². The number of pyridine rings is 1. The first-order chi connectivity index (χ1) is 8.74. The second-order valence-corrected chi connectivity index (χ2v) is 4.13. The highest BCUT2D eigenvalue weighted by Gasteiger charge is 2.13. The van der Waals surface area contributed by atoms with Crippen LogP contribution in [0.3, 0.4) is 0 Å². The fourth-order valence-electron chi connectivity index (χ4n) is 1.87. The maximum atomic E-state index is 5.90. The summed E-state index contributed by atoms with van der Waals surface area (Å²) in [5.41, 5.74) is 7.76. The van der Waals surface area contributed by atoms with Crippen LogP contribution in [0.25, 0.3) is 11.3 Å². The molecule has 2 N–H and O–H groups in total. The molecule has 96 valence electrons. The van der Waals surface area contributed by atoms with E-state index in [-0.39, 0.29) is 6.04 Å². The zero-order chi connectivity index (χ0) is 13.0. The van der Waals surface area contributed by atoms with Crippen LogP contribution in [0.2, 0.25) is 0 Å². The number of anilines is 1. The molecule has 5 heteroatoms. The average Bonchev–Trinajstić information content (AvgIpc) is 2.85. The van der Waals surface area contributed by atoms with Gasteiger partial charge in [-0.15, -0.1) is 0 Å². The van der Waals surface area contributed by atoms with Crippen LogP contribution in [-0.4, -0.2) is 27.7 Å². The van der Waals surface area contributed by atoms with Gasteiger partial charge in [-0.3, -0.25) is 0 Å². The zero-order valence-corrected chi connectivity index (χ0v) is 10.7. The van der Waals surface area contributed by atoms with Crippen LogP contribution < -0.4 is 5.73 Å². The van der Waals surface area contributed by atoms with Crippen molar-refractivity contribution in [1.82, 2.24) is 14.5 Å². The summed E-state index contributed by atoms with van der Waals surface area (Å²) >= 11 is 0. The molecule has 2 aromatic heterocycles. The van der Waals surface area contributed by atoms with Crippen molar-refractivity contribution in [1.29, 1.82) is 0 Å². The summed E-state index contributed by atoms with van der Waals surface area (Å²) in [5.74, 6) is 0.517. The predicted molar refractivity (Wildman–Crippen MR) is 71.1 cm³/mol. The number of nitrogens with zero attached hydrogens (tertiary/aromatic N) is 3. The van der Waals surface area contributed by atoms with Gasteiger partial charge in [-0.1, -0.05) is 0 Å². The first-order valence-corrected chi connectivity index (χ1v) is 6.04. The lowest BCUT2D eigenvalue weighted by Crippen LogP contribution is -2.12. The molecule has 2 rings (SSSR count). The van der Waals surface area contributed by atoms with Crippen molar-refractivity contribution in [2.24, 2.45) is 0 Å². The standard InChI is InChI=1S/C13H18N4O/c1-3-18-8-10(2)17-9-15-7-12(17)11-5-4-6-16-13(11)14/h4-7,9-10H,3,8H2,1-2H3,(H2,14,16). The monoisotopic (exact) mass is 246 g/mol. The van der Waals surface area contributed by atoms with Gasteiger partial charge >= 0.3 is 0 Å². The van der Waals surface area contributed by atoms with E-state index in [0.717, 1.165) is 11.3 Å². The molecule has 0 aliphatic heterocycles. The SMILES string of the molecule is CCOCC(C)n1cncc1-c1cccnc1N. The van der Waals surface area contributed by atoms with Gasteiger partial charge in [0.2, 0.25) is 0 Å². The molecule has 0 fully saturated rings. The van der Waals surface area contributed by atoms with Crippen molar-refractivity contribution in [3.05, 3.63) is 30.9 Å². The van der Waals surface area contributed by atoms with Crippen LogP contribution >= 0.6 is 0 Å². The molecular weight excluding hydrogens is 228 g/mol. The Kier molecular flexibility index (Phi) is 3.94. The largest absolute Gasteiger partial charge is 0.383 e. The lowest BCUT2D eigenvalue weighted by molar-refractivity contribution is 0.119. The van der Waals surface area contributed by atoms with Gasteiger partial charge in [0.1, 0.15) is 5.82 Å². The molecule has 18 heavy (non-hydrogen) atoms. The molecule has 0 bridgehead atoms. The molecule has 0 aromatic carbocycles. The van der Waals surface area contributed by atoms with Gasteiger partial charge in [0.15, 0.2) is 0 Å². The number of nitrogen functional groups attached to an aromatic ring is 1. The molecule has 5 nitrogen and oxygen atoms in total. The van der Waals surface area contributed by atoms with Crippen molar-refractivity contribution in [3.8, 4) is 11.3 Å². The van der Waals surface area contributed by atoms with E-state index in [1.165, 1.54) is 0 Å². The maximum absolute atomic E-state index is 5.90. The first-order valence-electron chi connectivity index (χ1n) is 6.04. The van der Waals surface area contributed by atoms with E-state index in [1.54, 1.807) is 18.7 Å². The van der Waals surface area contributed by atoms with Crippen LogP contribution in [0.1, 0.15) is 19.9 Å². The van der Waals surface area contributed by atoms with Crippen molar-refractivity contribution in [2.75, 3.05) is 18.9 Å². The minimum Gasteiger partial charge on any atom is -0.383 e. The molecular formula is C13H18N4O. The van der Waals surface area contributed by atoms with E-state index in [4.69, 9.17) is 10.5 Å². The Bertz CT molecular complexity index is 509. The van der Waals surface area contributed by atoms with Crippen molar-refractivity contribution < 1.29 is 4.74 Å². The molecule has 0 aliphatic rings. The number of aromatic nitrogens is 3. The fraction of sp³-hybridized carbons (Fsp3) is 0.385. The Morgan fingerprint density at radius 2 is 2.33 bits per heavy atom. The molecule has 0 amide bonds. The number of rotatable bonds is 5. The second kappa shape index (κ2) is 5.64. The van der Waals surface area contributed by atoms with Crippen LogP contribution in [0.5, 0.6) is 0 Å². The molecule has 1 unspecified atom stereocenters. The van der Waals surface area contributed by atoms with Gasteiger partial charge < -0.3 is 15.0 Å². The number of hydrogen-bond acceptors (Lipinski definition) is 4. The third-order valence-corrected chi connectivity index (χ3v) is 2.82. The van der Waals surface area contributed by atoms with Crippen LogP contribution in [0, 0.1) is 0 Å². The van der Waals surface area contributed by atoms with E-state index in [1.807, 2.05) is 19.1 Å². The van der Waals surface area contributed by atoms with Crippen LogP contribution in [0.15, 0.2) is 30.9 Å². The fourth-order valence-corrected chi connectivity index (χ4v) is 1.87. The molecule has 0 radical (unpaired) electrons. The van der Waals surface area contributed by atoms with Gasteiger partial charge in [0.25, 0.3) is 0 Å². The Hall–Kier alpha value is -1.88. The minimum absolute atomic E-state index is 0.210. The summed E-state index contributed by atoms with van der Waals surface area (Å²) in [4.78, 5) is 8.30. The Balaban J connectivity index is 2.30. The quantitative estimate of drug-likeness (QED) is 0.877. The van der Waals surface area contributed by atoms with Crippen LogP contribution in [-0.2, 0) is 4.74 Å². The number of imidazole rings is 1. The molecule has 0 spiro atoms. The summed E-state index contributed by atoms with van der Waals surface area (Å²) in [6.45, 7) is 5.44. The first kappa shape index (κ1) is 12.6. The molecule has 1 atom stereocenters. The van der Waals surface area contributed by atoms with Crippen molar-refractivity contribution in [3.63, 3.8) is 0 Å². The minimum atomic E-state index is 0.210. The highest BCUT2D eigenvalue weighted by Crippen LogP contribution is 2.26. The smallest absolute Gasteiger partial charge is 0.132 e. The summed E-state index contributed by atoms with van der Waals surface area (Å²) in [6, 6.07) is 4.03. The molecule has 0 saturated carbocycles.